The lowest BCUT2D eigenvalue weighted by molar-refractivity contribution is -0.145. The first kappa shape index (κ1) is 21.1. The number of carbonyl (C=O) groups is 3. The van der Waals surface area contributed by atoms with Crippen molar-refractivity contribution in [2.75, 3.05) is 13.7 Å². The molecule has 3 saturated heterocycles. The van der Waals surface area contributed by atoms with Crippen molar-refractivity contribution >= 4 is 33.7 Å². The van der Waals surface area contributed by atoms with Crippen LogP contribution in [0.5, 0.6) is 0 Å². The summed E-state index contributed by atoms with van der Waals surface area (Å²) in [7, 11) is 1.55. The lowest BCUT2D eigenvalue weighted by Gasteiger charge is -2.37. The first-order valence-corrected chi connectivity index (χ1v) is 11.5. The number of halogens is 1. The number of nitrogens with zero attached hydrogens (tertiary/aromatic N) is 1. The van der Waals surface area contributed by atoms with Gasteiger partial charge in [-0.15, -0.1) is 0 Å². The van der Waals surface area contributed by atoms with Gasteiger partial charge in [-0.3, -0.25) is 14.4 Å². The minimum atomic E-state index is -1.05. The van der Waals surface area contributed by atoms with E-state index in [2.05, 4.69) is 26.6 Å². The number of likely N-dealkylation sites (tertiary alicyclic amines) is 1. The quantitative estimate of drug-likeness (QED) is 0.500. The molecule has 0 aromatic rings. The lowest BCUT2D eigenvalue weighted by atomic mass is 9.70. The molecule has 4 fully saturated rings. The van der Waals surface area contributed by atoms with E-state index in [9.17, 15) is 19.5 Å². The molecular weight excluding hydrogens is 442 g/mol. The Balaban J connectivity index is 1.70. The van der Waals surface area contributed by atoms with Crippen molar-refractivity contribution in [3.63, 3.8) is 0 Å². The van der Waals surface area contributed by atoms with Gasteiger partial charge in [0, 0.05) is 17.9 Å². The van der Waals surface area contributed by atoms with Crippen molar-refractivity contribution in [1.82, 2.24) is 15.5 Å². The zero-order chi connectivity index (χ0) is 20.9. The third kappa shape index (κ3) is 3.11. The van der Waals surface area contributed by atoms with Crippen LogP contribution in [0.2, 0.25) is 0 Å². The van der Waals surface area contributed by atoms with Gasteiger partial charge in [-0.05, 0) is 26.2 Å². The molecule has 0 aromatic carbocycles. The van der Waals surface area contributed by atoms with Crippen LogP contribution in [0.3, 0.4) is 0 Å². The van der Waals surface area contributed by atoms with Gasteiger partial charge in [0.25, 0.3) is 0 Å². The van der Waals surface area contributed by atoms with E-state index in [0.29, 0.717) is 6.42 Å². The molecule has 3 amide bonds. The van der Waals surface area contributed by atoms with Crippen LogP contribution in [-0.4, -0.2) is 76.0 Å². The Morgan fingerprint density at radius 2 is 2.00 bits per heavy atom. The smallest absolute Gasteiger partial charge is 0.246 e. The maximum absolute atomic E-state index is 13.5. The van der Waals surface area contributed by atoms with Crippen LogP contribution >= 0.6 is 15.9 Å². The Hall–Kier alpha value is -1.19. The summed E-state index contributed by atoms with van der Waals surface area (Å²) in [4.78, 5) is 41.0. The molecule has 29 heavy (non-hydrogen) atoms. The molecule has 8 nitrogen and oxygen atoms in total. The van der Waals surface area contributed by atoms with E-state index in [1.165, 1.54) is 11.3 Å². The summed E-state index contributed by atoms with van der Waals surface area (Å²) in [6.07, 6.45) is 5.25. The SMILES string of the molecule is CNC(=O)[C@H]1[C@H]2C(=O)N([C@H](C)CO)C(C(=O)NC3CCCCC3)C23CC(Br)[C@@H]1O3. The highest BCUT2D eigenvalue weighted by Crippen LogP contribution is 2.60. The van der Waals surface area contributed by atoms with Crippen LogP contribution < -0.4 is 10.6 Å². The van der Waals surface area contributed by atoms with Crippen LogP contribution in [0.25, 0.3) is 0 Å². The molecule has 4 rings (SSSR count). The molecule has 1 aliphatic carbocycles. The summed E-state index contributed by atoms with van der Waals surface area (Å²) in [5.41, 5.74) is -1.05. The molecule has 4 aliphatic rings. The minimum Gasteiger partial charge on any atom is -0.394 e. The second kappa shape index (κ2) is 7.81. The van der Waals surface area contributed by atoms with Gasteiger partial charge in [0.2, 0.25) is 17.7 Å². The number of alkyl halides is 1. The van der Waals surface area contributed by atoms with Gasteiger partial charge in [-0.1, -0.05) is 35.2 Å². The largest absolute Gasteiger partial charge is 0.394 e. The van der Waals surface area contributed by atoms with Crippen molar-refractivity contribution in [2.24, 2.45) is 11.8 Å². The van der Waals surface area contributed by atoms with Crippen LogP contribution in [0.1, 0.15) is 45.4 Å². The second-order valence-electron chi connectivity index (χ2n) is 8.90. The summed E-state index contributed by atoms with van der Waals surface area (Å²) in [6, 6.07) is -1.28. The van der Waals surface area contributed by atoms with E-state index in [4.69, 9.17) is 4.74 Å². The zero-order valence-corrected chi connectivity index (χ0v) is 18.5. The van der Waals surface area contributed by atoms with E-state index in [-0.39, 0.29) is 35.2 Å². The van der Waals surface area contributed by atoms with Crippen molar-refractivity contribution in [3.8, 4) is 0 Å². The third-order valence-electron chi connectivity index (χ3n) is 7.22. The molecule has 162 valence electrons. The zero-order valence-electron chi connectivity index (χ0n) is 16.9. The number of ether oxygens (including phenoxy) is 1. The molecule has 3 heterocycles. The fraction of sp³-hybridized carbons (Fsp3) is 0.850. The fourth-order valence-electron chi connectivity index (χ4n) is 5.92. The summed E-state index contributed by atoms with van der Waals surface area (Å²) in [5, 5.41) is 15.6. The highest BCUT2D eigenvalue weighted by Gasteiger charge is 2.76. The normalized spacial score (nSPS) is 40.1. The molecule has 3 aliphatic heterocycles. The van der Waals surface area contributed by atoms with E-state index in [0.717, 1.165) is 25.7 Å². The highest BCUT2D eigenvalue weighted by molar-refractivity contribution is 9.09. The van der Waals surface area contributed by atoms with E-state index < -0.39 is 35.6 Å². The number of rotatable bonds is 5. The highest BCUT2D eigenvalue weighted by atomic mass is 79.9. The number of fused-ring (bicyclic) bond motifs is 1. The molecule has 3 unspecified atom stereocenters. The maximum atomic E-state index is 13.5. The van der Waals surface area contributed by atoms with E-state index in [1.807, 2.05) is 0 Å². The van der Waals surface area contributed by atoms with Crippen molar-refractivity contribution in [1.29, 1.82) is 0 Å². The van der Waals surface area contributed by atoms with E-state index >= 15 is 0 Å². The fourth-order valence-corrected chi connectivity index (χ4v) is 6.87. The number of carbonyl (C=O) groups excluding carboxylic acids is 3. The van der Waals surface area contributed by atoms with Gasteiger partial charge in [-0.2, -0.15) is 0 Å². The number of aliphatic hydroxyl groups excluding tert-OH is 1. The van der Waals surface area contributed by atoms with Gasteiger partial charge < -0.3 is 25.4 Å². The summed E-state index contributed by atoms with van der Waals surface area (Å²) >= 11 is 3.62. The standard InChI is InChI=1S/C20H30BrN3O5/c1-10(9-25)24-16(18(27)23-11-6-4-3-5-7-11)20-8-12(21)15(29-20)13(17(26)22-2)14(20)19(24)28/h10-16,25H,3-9H2,1-2H3,(H,22,26)(H,23,27)/t10-,12?,13+,14+,15+,16?,20?/m1/s1. The first-order valence-electron chi connectivity index (χ1n) is 10.6. The predicted octanol–water partition coefficient (Wildman–Crippen LogP) is 0.310. The van der Waals surface area contributed by atoms with Crippen LogP contribution in [0.4, 0.5) is 0 Å². The third-order valence-corrected chi connectivity index (χ3v) is 8.06. The van der Waals surface area contributed by atoms with Crippen LogP contribution in [0.15, 0.2) is 0 Å². The van der Waals surface area contributed by atoms with Crippen LogP contribution in [0, 0.1) is 11.8 Å². The Labute approximate surface area is 179 Å². The van der Waals surface area contributed by atoms with Crippen molar-refractivity contribution < 1.29 is 24.2 Å². The predicted molar refractivity (Wildman–Crippen MR) is 108 cm³/mol. The summed E-state index contributed by atoms with van der Waals surface area (Å²) in [5.74, 6) is -2.11. The van der Waals surface area contributed by atoms with Crippen LogP contribution in [-0.2, 0) is 19.1 Å². The van der Waals surface area contributed by atoms with Crippen molar-refractivity contribution in [3.05, 3.63) is 0 Å². The topological polar surface area (TPSA) is 108 Å². The second-order valence-corrected chi connectivity index (χ2v) is 10.1. The van der Waals surface area contributed by atoms with Gasteiger partial charge in [0.15, 0.2) is 0 Å². The number of aliphatic hydroxyl groups is 1. The average Bonchev–Trinajstić information content (AvgIpc) is 3.31. The molecule has 1 spiro atoms. The molecule has 1 saturated carbocycles. The van der Waals surface area contributed by atoms with Gasteiger partial charge in [-0.25, -0.2) is 0 Å². The van der Waals surface area contributed by atoms with Crippen molar-refractivity contribution in [2.45, 2.75) is 80.1 Å². The maximum Gasteiger partial charge on any atom is 0.246 e. The van der Waals surface area contributed by atoms with E-state index in [1.54, 1.807) is 14.0 Å². The molecule has 2 bridgehead atoms. The van der Waals surface area contributed by atoms with Gasteiger partial charge in [0.1, 0.15) is 11.6 Å². The number of amides is 3. The summed E-state index contributed by atoms with van der Waals surface area (Å²) < 4.78 is 6.34. The van der Waals surface area contributed by atoms with Gasteiger partial charge in [0.05, 0.1) is 30.6 Å². The first-order chi connectivity index (χ1) is 13.9. The Bertz CT molecular complexity index is 700. The van der Waals surface area contributed by atoms with Gasteiger partial charge >= 0.3 is 0 Å². The molecule has 0 radical (unpaired) electrons. The molecule has 0 aromatic heterocycles. The molecular formula is C20H30BrN3O5. The average molecular weight is 472 g/mol. The molecule has 3 N–H and O–H groups in total. The molecule has 9 heteroatoms. The Morgan fingerprint density at radius 1 is 1.31 bits per heavy atom. The number of nitrogens with one attached hydrogen (secondary N) is 2. The number of hydrogen-bond donors (Lipinski definition) is 3. The molecule has 7 atom stereocenters. The Morgan fingerprint density at radius 3 is 2.62 bits per heavy atom. The lowest BCUT2D eigenvalue weighted by Crippen LogP contribution is -2.59. The monoisotopic (exact) mass is 471 g/mol. The minimum absolute atomic E-state index is 0.0983. The number of hydrogen-bond acceptors (Lipinski definition) is 5. The Kier molecular flexibility index (Phi) is 5.67. The summed E-state index contributed by atoms with van der Waals surface area (Å²) in [6.45, 7) is 1.47.